The van der Waals surface area contributed by atoms with Gasteiger partial charge in [0, 0.05) is 13.0 Å². The fourth-order valence-corrected chi connectivity index (χ4v) is 1.36. The van der Waals surface area contributed by atoms with Gasteiger partial charge >= 0.3 is 0 Å². The monoisotopic (exact) mass is 237 g/mol. The van der Waals surface area contributed by atoms with Gasteiger partial charge in [-0.25, -0.2) is 0 Å². The lowest BCUT2D eigenvalue weighted by Crippen LogP contribution is -2.20. The molecule has 0 saturated carbocycles. The minimum Gasteiger partial charge on any atom is -0.497 e. The second kappa shape index (κ2) is 5.34. The number of nitrogens with one attached hydrogen (secondary N) is 1. The van der Waals surface area contributed by atoms with Crippen LogP contribution < -0.4 is 14.8 Å². The molecule has 5 heteroatoms. The molecular weight excluding hydrogens is 222 g/mol. The summed E-state index contributed by atoms with van der Waals surface area (Å²) in [5.41, 5.74) is 1.24. The van der Waals surface area contributed by atoms with E-state index in [1.807, 2.05) is 0 Å². The molecule has 1 aromatic rings. The van der Waals surface area contributed by atoms with Crippen molar-refractivity contribution in [3.63, 3.8) is 0 Å². The Kier molecular flexibility index (Phi) is 4.09. The summed E-state index contributed by atoms with van der Waals surface area (Å²) in [6.45, 7) is 3.00. The number of ether oxygens (including phenoxy) is 2. The number of hydrogen-bond acceptors (Lipinski definition) is 4. The Bertz CT molecular complexity index is 454. The number of rotatable bonds is 4. The van der Waals surface area contributed by atoms with Crippen LogP contribution in [0.25, 0.3) is 0 Å². The number of aryl methyl sites for hydroxylation is 1. The van der Waals surface area contributed by atoms with Crippen LogP contribution in [-0.4, -0.2) is 25.9 Å². The molecule has 0 radical (unpaired) electrons. The predicted molar refractivity (Wildman–Crippen MR) is 63.6 cm³/mol. The van der Waals surface area contributed by atoms with Crippen LogP contribution in [0.4, 0.5) is 5.69 Å². The van der Waals surface area contributed by atoms with Crippen molar-refractivity contribution in [3.05, 3.63) is 17.7 Å². The molecule has 0 aliphatic carbocycles. The van der Waals surface area contributed by atoms with Crippen LogP contribution in [0.2, 0.25) is 0 Å². The van der Waals surface area contributed by atoms with E-state index >= 15 is 0 Å². The number of ketones is 1. The lowest BCUT2D eigenvalue weighted by Gasteiger charge is -2.13. The molecule has 0 aromatic heterocycles. The summed E-state index contributed by atoms with van der Waals surface area (Å²) in [7, 11) is 3.03. The molecular formula is C12H15NO4. The van der Waals surface area contributed by atoms with Crippen molar-refractivity contribution in [2.24, 2.45) is 0 Å². The van der Waals surface area contributed by atoms with Crippen molar-refractivity contribution in [2.45, 2.75) is 13.8 Å². The smallest absolute Gasteiger partial charge is 0.291 e. The molecule has 1 aromatic carbocycles. The number of carbonyl (C=O) groups is 2. The minimum atomic E-state index is -0.670. The van der Waals surface area contributed by atoms with Crippen molar-refractivity contribution < 1.29 is 19.1 Å². The van der Waals surface area contributed by atoms with Crippen LogP contribution in [0.15, 0.2) is 12.1 Å². The van der Waals surface area contributed by atoms with E-state index in [1.165, 1.54) is 14.0 Å². The number of anilines is 1. The van der Waals surface area contributed by atoms with E-state index in [0.29, 0.717) is 17.2 Å². The normalized spacial score (nSPS) is 9.65. The van der Waals surface area contributed by atoms with Crippen molar-refractivity contribution in [3.8, 4) is 11.5 Å². The summed E-state index contributed by atoms with van der Waals surface area (Å²) in [6, 6.07) is 3.39. The molecule has 0 unspecified atom stereocenters. The number of carbonyl (C=O) groups excluding carboxylic acids is 2. The fraction of sp³-hybridized carbons (Fsp3) is 0.333. The van der Waals surface area contributed by atoms with Gasteiger partial charge in [-0.2, -0.15) is 0 Å². The highest BCUT2D eigenvalue weighted by Crippen LogP contribution is 2.32. The molecule has 0 spiro atoms. The second-order valence-electron chi connectivity index (χ2n) is 3.53. The SMILES string of the molecule is COc1cc(C)c(NC(=O)C(C)=O)c(OC)c1. The summed E-state index contributed by atoms with van der Waals surface area (Å²) in [4.78, 5) is 22.2. The first kappa shape index (κ1) is 13.0. The Morgan fingerprint density at radius 3 is 2.29 bits per heavy atom. The zero-order valence-corrected chi connectivity index (χ0v) is 10.3. The van der Waals surface area contributed by atoms with E-state index < -0.39 is 11.7 Å². The van der Waals surface area contributed by atoms with Gasteiger partial charge in [-0.05, 0) is 18.6 Å². The summed E-state index contributed by atoms with van der Waals surface area (Å²) in [6.07, 6.45) is 0. The van der Waals surface area contributed by atoms with Crippen LogP contribution in [-0.2, 0) is 9.59 Å². The van der Waals surface area contributed by atoms with Gasteiger partial charge < -0.3 is 14.8 Å². The molecule has 0 aliphatic rings. The van der Waals surface area contributed by atoms with Crippen LogP contribution in [0.1, 0.15) is 12.5 Å². The van der Waals surface area contributed by atoms with Crippen LogP contribution in [0, 0.1) is 6.92 Å². The largest absolute Gasteiger partial charge is 0.497 e. The highest BCUT2D eigenvalue weighted by atomic mass is 16.5. The summed E-state index contributed by atoms with van der Waals surface area (Å²) in [5.74, 6) is -0.143. The van der Waals surface area contributed by atoms with E-state index in [0.717, 1.165) is 5.56 Å². The first-order valence-electron chi connectivity index (χ1n) is 5.04. The van der Waals surface area contributed by atoms with E-state index in [1.54, 1.807) is 26.2 Å². The van der Waals surface area contributed by atoms with Gasteiger partial charge in [0.1, 0.15) is 11.5 Å². The Labute approximate surface area is 99.7 Å². The fourth-order valence-electron chi connectivity index (χ4n) is 1.36. The molecule has 0 heterocycles. The number of benzene rings is 1. The molecule has 92 valence electrons. The van der Waals surface area contributed by atoms with Crippen LogP contribution >= 0.6 is 0 Å². The number of hydrogen-bond donors (Lipinski definition) is 1. The van der Waals surface area contributed by atoms with E-state index in [-0.39, 0.29) is 0 Å². The van der Waals surface area contributed by atoms with Crippen LogP contribution in [0.3, 0.4) is 0 Å². The Balaban J connectivity index is 3.14. The molecule has 0 fully saturated rings. The van der Waals surface area contributed by atoms with E-state index in [4.69, 9.17) is 9.47 Å². The molecule has 1 amide bonds. The minimum absolute atomic E-state index is 0.455. The topological polar surface area (TPSA) is 64.6 Å². The summed E-state index contributed by atoms with van der Waals surface area (Å²) >= 11 is 0. The van der Waals surface area contributed by atoms with Crippen LogP contribution in [0.5, 0.6) is 11.5 Å². The quantitative estimate of drug-likeness (QED) is 0.807. The van der Waals surface area contributed by atoms with Crippen molar-refractivity contribution in [2.75, 3.05) is 19.5 Å². The van der Waals surface area contributed by atoms with E-state index in [2.05, 4.69) is 5.32 Å². The average molecular weight is 237 g/mol. The third-order valence-electron chi connectivity index (χ3n) is 2.29. The third-order valence-corrected chi connectivity index (χ3v) is 2.29. The first-order chi connectivity index (χ1) is 7.99. The van der Waals surface area contributed by atoms with Gasteiger partial charge in [0.25, 0.3) is 5.91 Å². The van der Waals surface area contributed by atoms with Gasteiger partial charge in [0.15, 0.2) is 0 Å². The van der Waals surface area contributed by atoms with Crippen molar-refractivity contribution >= 4 is 17.4 Å². The highest BCUT2D eigenvalue weighted by Gasteiger charge is 2.14. The summed E-state index contributed by atoms with van der Waals surface area (Å²) < 4.78 is 10.2. The lowest BCUT2D eigenvalue weighted by molar-refractivity contribution is -0.133. The number of amides is 1. The van der Waals surface area contributed by atoms with Crippen molar-refractivity contribution in [1.29, 1.82) is 0 Å². The highest BCUT2D eigenvalue weighted by molar-refractivity contribution is 6.39. The maximum Gasteiger partial charge on any atom is 0.291 e. The Morgan fingerprint density at radius 1 is 1.18 bits per heavy atom. The predicted octanol–water partition coefficient (Wildman–Crippen LogP) is 1.54. The second-order valence-corrected chi connectivity index (χ2v) is 3.53. The number of methoxy groups -OCH3 is 2. The first-order valence-corrected chi connectivity index (χ1v) is 5.04. The molecule has 0 aliphatic heterocycles. The molecule has 0 bridgehead atoms. The van der Waals surface area contributed by atoms with Crippen molar-refractivity contribution in [1.82, 2.24) is 0 Å². The zero-order valence-electron chi connectivity index (χ0n) is 10.3. The maximum atomic E-state index is 11.3. The van der Waals surface area contributed by atoms with Gasteiger partial charge in [-0.1, -0.05) is 0 Å². The zero-order chi connectivity index (χ0) is 13.0. The molecule has 5 nitrogen and oxygen atoms in total. The van der Waals surface area contributed by atoms with Gasteiger partial charge in [0.2, 0.25) is 5.78 Å². The van der Waals surface area contributed by atoms with Gasteiger partial charge in [-0.3, -0.25) is 9.59 Å². The molecule has 1 rings (SSSR count). The summed E-state index contributed by atoms with van der Waals surface area (Å²) in [5, 5.41) is 2.51. The number of Topliss-reactive ketones (excluding diaryl/α,β-unsaturated/α-hetero) is 1. The molecule has 1 N–H and O–H groups in total. The molecule has 17 heavy (non-hydrogen) atoms. The average Bonchev–Trinajstić information content (AvgIpc) is 2.30. The third kappa shape index (κ3) is 2.96. The Hall–Kier alpha value is -2.04. The van der Waals surface area contributed by atoms with E-state index in [9.17, 15) is 9.59 Å². The lowest BCUT2D eigenvalue weighted by atomic mass is 10.1. The maximum absolute atomic E-state index is 11.3. The molecule has 0 atom stereocenters. The Morgan fingerprint density at radius 2 is 1.82 bits per heavy atom. The molecule has 0 saturated heterocycles. The van der Waals surface area contributed by atoms with Gasteiger partial charge in [0.05, 0.1) is 19.9 Å². The van der Waals surface area contributed by atoms with Gasteiger partial charge in [-0.15, -0.1) is 0 Å². The standard InChI is InChI=1S/C12H15NO4/c1-7-5-9(16-3)6-10(17-4)11(7)13-12(15)8(2)14/h5-6H,1-4H3,(H,13,15).